The van der Waals surface area contributed by atoms with Crippen LogP contribution in [-0.2, 0) is 4.79 Å². The van der Waals surface area contributed by atoms with Crippen molar-refractivity contribution in [1.82, 2.24) is 5.32 Å². The molecule has 106 valence electrons. The van der Waals surface area contributed by atoms with Crippen LogP contribution in [0.5, 0.6) is 0 Å². The number of carbonyl (C=O) groups is 1. The third kappa shape index (κ3) is 5.59. The second-order valence-corrected chi connectivity index (χ2v) is 6.09. The van der Waals surface area contributed by atoms with E-state index >= 15 is 0 Å². The van der Waals surface area contributed by atoms with Crippen molar-refractivity contribution in [2.75, 3.05) is 11.9 Å². The fourth-order valence-electron chi connectivity index (χ4n) is 1.71. The SMILES string of the molecule is CCCC(C)NC(=O)CNc1c(Cl)cc(Br)cc1Cl. The molecule has 1 aromatic rings. The summed E-state index contributed by atoms with van der Waals surface area (Å²) in [4.78, 5) is 11.7. The molecular formula is C13H17BrCl2N2O. The molecule has 19 heavy (non-hydrogen) atoms. The van der Waals surface area contributed by atoms with Gasteiger partial charge in [-0.2, -0.15) is 0 Å². The molecule has 1 atom stereocenters. The van der Waals surface area contributed by atoms with Gasteiger partial charge in [-0.15, -0.1) is 0 Å². The lowest BCUT2D eigenvalue weighted by atomic mass is 10.2. The maximum atomic E-state index is 11.7. The molecular weight excluding hydrogens is 351 g/mol. The highest BCUT2D eigenvalue weighted by atomic mass is 79.9. The van der Waals surface area contributed by atoms with Gasteiger partial charge in [-0.1, -0.05) is 52.5 Å². The Morgan fingerprint density at radius 2 is 1.95 bits per heavy atom. The summed E-state index contributed by atoms with van der Waals surface area (Å²) in [5, 5.41) is 6.82. The number of benzene rings is 1. The molecule has 6 heteroatoms. The monoisotopic (exact) mass is 366 g/mol. The molecule has 0 saturated heterocycles. The van der Waals surface area contributed by atoms with Crippen molar-refractivity contribution < 1.29 is 4.79 Å². The van der Waals surface area contributed by atoms with Gasteiger partial charge >= 0.3 is 0 Å². The number of nitrogens with one attached hydrogen (secondary N) is 2. The molecule has 0 saturated carbocycles. The second kappa shape index (κ2) is 7.98. The molecule has 1 unspecified atom stereocenters. The number of carbonyl (C=O) groups excluding carboxylic acids is 1. The van der Waals surface area contributed by atoms with E-state index in [0.717, 1.165) is 17.3 Å². The van der Waals surface area contributed by atoms with Gasteiger partial charge in [-0.25, -0.2) is 0 Å². The van der Waals surface area contributed by atoms with Crippen LogP contribution in [0, 0.1) is 0 Å². The van der Waals surface area contributed by atoms with Gasteiger partial charge < -0.3 is 10.6 Å². The molecule has 0 spiro atoms. The first-order valence-electron chi connectivity index (χ1n) is 6.11. The highest BCUT2D eigenvalue weighted by Crippen LogP contribution is 2.33. The molecule has 1 aromatic carbocycles. The Morgan fingerprint density at radius 1 is 1.37 bits per heavy atom. The van der Waals surface area contributed by atoms with Crippen molar-refractivity contribution in [3.63, 3.8) is 0 Å². The Kier molecular flexibility index (Phi) is 6.97. The van der Waals surface area contributed by atoms with Crippen molar-refractivity contribution in [1.29, 1.82) is 0 Å². The lowest BCUT2D eigenvalue weighted by molar-refractivity contribution is -0.120. The van der Waals surface area contributed by atoms with Crippen molar-refractivity contribution in [3.05, 3.63) is 26.7 Å². The minimum Gasteiger partial charge on any atom is -0.374 e. The summed E-state index contributed by atoms with van der Waals surface area (Å²) in [6, 6.07) is 3.64. The number of amides is 1. The molecule has 0 aliphatic rings. The van der Waals surface area contributed by atoms with Crippen LogP contribution in [0.3, 0.4) is 0 Å². The van der Waals surface area contributed by atoms with Gasteiger partial charge in [0.2, 0.25) is 5.91 Å². The summed E-state index contributed by atoms with van der Waals surface area (Å²) >= 11 is 15.4. The highest BCUT2D eigenvalue weighted by Gasteiger charge is 2.10. The van der Waals surface area contributed by atoms with E-state index in [2.05, 4.69) is 33.5 Å². The van der Waals surface area contributed by atoms with E-state index in [0.29, 0.717) is 15.7 Å². The second-order valence-electron chi connectivity index (χ2n) is 4.36. The van der Waals surface area contributed by atoms with E-state index in [1.54, 1.807) is 12.1 Å². The van der Waals surface area contributed by atoms with Gasteiger partial charge in [0.05, 0.1) is 22.3 Å². The van der Waals surface area contributed by atoms with Crippen LogP contribution in [-0.4, -0.2) is 18.5 Å². The molecule has 1 rings (SSSR count). The summed E-state index contributed by atoms with van der Waals surface area (Å²) in [6.07, 6.45) is 2.00. The van der Waals surface area contributed by atoms with Crippen molar-refractivity contribution in [2.45, 2.75) is 32.7 Å². The molecule has 3 nitrogen and oxygen atoms in total. The van der Waals surface area contributed by atoms with E-state index in [4.69, 9.17) is 23.2 Å². The molecule has 0 aromatic heterocycles. The standard InChI is InChI=1S/C13H17BrCl2N2O/c1-3-4-8(2)18-12(19)7-17-13-10(15)5-9(14)6-11(13)16/h5-6,8,17H,3-4,7H2,1-2H3,(H,18,19). The third-order valence-corrected chi connectivity index (χ3v) is 3.62. The van der Waals surface area contributed by atoms with E-state index in [1.807, 2.05) is 6.92 Å². The van der Waals surface area contributed by atoms with Crippen molar-refractivity contribution >= 4 is 50.7 Å². The first-order chi connectivity index (χ1) is 8.93. The predicted molar refractivity (Wildman–Crippen MR) is 85.2 cm³/mol. The Balaban J connectivity index is 2.55. The normalized spacial score (nSPS) is 12.1. The molecule has 1 amide bonds. The van der Waals surface area contributed by atoms with Crippen LogP contribution in [0.15, 0.2) is 16.6 Å². The zero-order valence-corrected chi connectivity index (χ0v) is 14.0. The number of hydrogen-bond donors (Lipinski definition) is 2. The molecule has 0 heterocycles. The van der Waals surface area contributed by atoms with Gasteiger partial charge in [0, 0.05) is 10.5 Å². The largest absolute Gasteiger partial charge is 0.374 e. The molecule has 0 aliphatic heterocycles. The highest BCUT2D eigenvalue weighted by molar-refractivity contribution is 9.10. The summed E-state index contributed by atoms with van der Waals surface area (Å²) in [5.74, 6) is -0.0731. The van der Waals surface area contributed by atoms with E-state index < -0.39 is 0 Å². The Labute approximate surface area is 132 Å². The average molecular weight is 368 g/mol. The summed E-state index contributed by atoms with van der Waals surface area (Å²) in [6.45, 7) is 4.22. The summed E-state index contributed by atoms with van der Waals surface area (Å²) in [7, 11) is 0. The van der Waals surface area contributed by atoms with Gasteiger partial charge in [0.1, 0.15) is 0 Å². The zero-order valence-electron chi connectivity index (χ0n) is 10.9. The quantitative estimate of drug-likeness (QED) is 0.778. The van der Waals surface area contributed by atoms with Crippen LogP contribution in [0.25, 0.3) is 0 Å². The Morgan fingerprint density at radius 3 is 2.47 bits per heavy atom. The first kappa shape index (κ1) is 16.6. The van der Waals surface area contributed by atoms with Gasteiger partial charge in [0.25, 0.3) is 0 Å². The van der Waals surface area contributed by atoms with E-state index in [-0.39, 0.29) is 18.5 Å². The van der Waals surface area contributed by atoms with Crippen LogP contribution in [0.1, 0.15) is 26.7 Å². The maximum absolute atomic E-state index is 11.7. The third-order valence-electron chi connectivity index (χ3n) is 2.56. The Hall–Kier alpha value is -0.450. The molecule has 0 radical (unpaired) electrons. The van der Waals surface area contributed by atoms with E-state index in [9.17, 15) is 4.79 Å². The number of rotatable bonds is 6. The average Bonchev–Trinajstić information content (AvgIpc) is 2.27. The Bertz CT molecular complexity index is 431. The van der Waals surface area contributed by atoms with Gasteiger partial charge in [-0.05, 0) is 25.5 Å². The molecule has 0 fully saturated rings. The number of hydrogen-bond acceptors (Lipinski definition) is 2. The smallest absolute Gasteiger partial charge is 0.239 e. The molecule has 2 N–H and O–H groups in total. The topological polar surface area (TPSA) is 41.1 Å². The lowest BCUT2D eigenvalue weighted by Gasteiger charge is -2.14. The molecule has 0 aliphatic carbocycles. The minimum atomic E-state index is -0.0731. The molecule has 0 bridgehead atoms. The van der Waals surface area contributed by atoms with Gasteiger partial charge in [-0.3, -0.25) is 4.79 Å². The van der Waals surface area contributed by atoms with Crippen LogP contribution in [0.4, 0.5) is 5.69 Å². The van der Waals surface area contributed by atoms with Crippen LogP contribution in [0.2, 0.25) is 10.0 Å². The van der Waals surface area contributed by atoms with Crippen molar-refractivity contribution in [3.8, 4) is 0 Å². The summed E-state index contributed by atoms with van der Waals surface area (Å²) in [5.41, 5.74) is 0.574. The van der Waals surface area contributed by atoms with Crippen LogP contribution >= 0.6 is 39.1 Å². The van der Waals surface area contributed by atoms with Crippen molar-refractivity contribution in [2.24, 2.45) is 0 Å². The predicted octanol–water partition coefficient (Wildman–Crippen LogP) is 4.47. The number of halogens is 3. The van der Waals surface area contributed by atoms with Gasteiger partial charge in [0.15, 0.2) is 0 Å². The fourth-order valence-corrected chi connectivity index (χ4v) is 3.05. The van der Waals surface area contributed by atoms with E-state index in [1.165, 1.54) is 0 Å². The fraction of sp³-hybridized carbons (Fsp3) is 0.462. The first-order valence-corrected chi connectivity index (χ1v) is 7.66. The lowest BCUT2D eigenvalue weighted by Crippen LogP contribution is -2.36. The zero-order chi connectivity index (χ0) is 14.4. The number of anilines is 1. The maximum Gasteiger partial charge on any atom is 0.239 e. The summed E-state index contributed by atoms with van der Waals surface area (Å²) < 4.78 is 0.800. The minimum absolute atomic E-state index is 0.0731. The van der Waals surface area contributed by atoms with Crippen LogP contribution < -0.4 is 10.6 Å².